The van der Waals surface area contributed by atoms with Crippen LogP contribution in [-0.4, -0.2) is 16.5 Å². The number of benzene rings is 1. The maximum absolute atomic E-state index is 11.1. The van der Waals surface area contributed by atoms with Crippen molar-refractivity contribution in [2.45, 2.75) is 0 Å². The van der Waals surface area contributed by atoms with Crippen LogP contribution >= 0.6 is 28.1 Å². The molecule has 0 N–H and O–H groups in total. The smallest absolute Gasteiger partial charge is 0.173 e. The Balaban J connectivity index is 2.91. The summed E-state index contributed by atoms with van der Waals surface area (Å²) in [6.07, 6.45) is 0. The highest BCUT2D eigenvalue weighted by atomic mass is 79.9. The lowest BCUT2D eigenvalue weighted by molar-refractivity contribution is 0.102. The van der Waals surface area contributed by atoms with Crippen LogP contribution in [-0.2, 0) is 0 Å². The van der Waals surface area contributed by atoms with Gasteiger partial charge in [0.1, 0.15) is 0 Å². The lowest BCUT2D eigenvalue weighted by atomic mass is 10.1. The first-order valence-corrected chi connectivity index (χ1v) is 5.01. The van der Waals surface area contributed by atoms with E-state index in [-0.39, 0.29) is 5.78 Å². The van der Waals surface area contributed by atoms with Gasteiger partial charge < -0.3 is 0 Å². The molecular weight excluding hydrogens is 236 g/mol. The van der Waals surface area contributed by atoms with Gasteiger partial charge in [0, 0.05) is 10.9 Å². The van der Waals surface area contributed by atoms with Crippen LogP contribution in [0.1, 0.15) is 15.9 Å². The molecule has 0 spiro atoms. The molecule has 1 aromatic rings. The van der Waals surface area contributed by atoms with Gasteiger partial charge in [-0.25, -0.2) is 0 Å². The lowest BCUT2D eigenvalue weighted by Crippen LogP contribution is -1.99. The second kappa shape index (κ2) is 4.48. The van der Waals surface area contributed by atoms with E-state index in [4.69, 9.17) is 12.2 Å². The Hall–Kier alpha value is -0.540. The first-order valence-electron chi connectivity index (χ1n) is 3.42. The van der Waals surface area contributed by atoms with E-state index in [1.807, 2.05) is 12.1 Å². The van der Waals surface area contributed by atoms with Gasteiger partial charge in [0.15, 0.2) is 5.78 Å². The van der Waals surface area contributed by atoms with Crippen molar-refractivity contribution in [1.29, 1.82) is 0 Å². The van der Waals surface area contributed by atoms with E-state index in [2.05, 4.69) is 15.9 Å². The summed E-state index contributed by atoms with van der Waals surface area (Å²) in [4.78, 5) is 11.1. The highest BCUT2D eigenvalue weighted by Crippen LogP contribution is 2.04. The molecule has 0 aromatic heterocycles. The number of hydrogen-bond acceptors (Lipinski definition) is 2. The maximum atomic E-state index is 11.1. The van der Waals surface area contributed by atoms with Gasteiger partial charge in [-0.1, -0.05) is 52.4 Å². The fraction of sp³-hybridized carbons (Fsp3) is 0.111. The number of thiocarbonyl (C=S) groups is 1. The van der Waals surface area contributed by atoms with E-state index in [1.54, 1.807) is 17.5 Å². The lowest BCUT2D eigenvalue weighted by Gasteiger charge is -1.96. The molecule has 1 rings (SSSR count). The quantitative estimate of drug-likeness (QED) is 0.461. The van der Waals surface area contributed by atoms with Gasteiger partial charge in [0.25, 0.3) is 0 Å². The van der Waals surface area contributed by atoms with Crippen LogP contribution in [0.25, 0.3) is 0 Å². The van der Waals surface area contributed by atoms with Crippen LogP contribution in [0.5, 0.6) is 0 Å². The van der Waals surface area contributed by atoms with Crippen molar-refractivity contribution in [1.82, 2.24) is 0 Å². The summed E-state index contributed by atoms with van der Waals surface area (Å²) in [7, 11) is 0. The van der Waals surface area contributed by atoms with E-state index in [0.29, 0.717) is 10.9 Å². The highest BCUT2D eigenvalue weighted by molar-refractivity contribution is 9.09. The number of halogens is 1. The fourth-order valence-corrected chi connectivity index (χ4v) is 1.31. The third-order valence-electron chi connectivity index (χ3n) is 1.49. The van der Waals surface area contributed by atoms with Crippen LogP contribution in [0.15, 0.2) is 24.3 Å². The van der Waals surface area contributed by atoms with Crippen molar-refractivity contribution in [3.8, 4) is 0 Å². The zero-order valence-electron chi connectivity index (χ0n) is 6.29. The van der Waals surface area contributed by atoms with Crippen LogP contribution in [0.3, 0.4) is 0 Å². The van der Waals surface area contributed by atoms with E-state index >= 15 is 0 Å². The molecular formula is C9H7BrOS. The number of carbonyl (C=O) groups is 1. The van der Waals surface area contributed by atoms with Gasteiger partial charge in [0.2, 0.25) is 0 Å². The summed E-state index contributed by atoms with van der Waals surface area (Å²) < 4.78 is 0. The normalized spacial score (nSPS) is 9.42. The maximum Gasteiger partial charge on any atom is 0.173 e. The van der Waals surface area contributed by atoms with Crippen molar-refractivity contribution in [3.63, 3.8) is 0 Å². The van der Waals surface area contributed by atoms with Crippen molar-refractivity contribution in [2.24, 2.45) is 0 Å². The number of carbonyl (C=O) groups excluding carboxylic acids is 1. The van der Waals surface area contributed by atoms with Gasteiger partial charge in [-0.05, 0) is 5.56 Å². The molecule has 0 unspecified atom stereocenters. The predicted octanol–water partition coefficient (Wildman–Crippen LogP) is 2.61. The summed E-state index contributed by atoms with van der Waals surface area (Å²) >= 11 is 7.85. The molecule has 1 aromatic carbocycles. The zero-order valence-corrected chi connectivity index (χ0v) is 8.69. The SMILES string of the molecule is O=C(CBr)c1ccc(C=S)cc1. The topological polar surface area (TPSA) is 17.1 Å². The third kappa shape index (κ3) is 2.22. The molecule has 0 atom stereocenters. The number of Topliss-reactive ketones (excluding diaryl/α,β-unsaturated/α-hetero) is 1. The molecule has 0 bridgehead atoms. The Kier molecular flexibility index (Phi) is 3.56. The molecule has 0 saturated carbocycles. The van der Waals surface area contributed by atoms with E-state index in [0.717, 1.165) is 5.56 Å². The number of ketones is 1. The summed E-state index contributed by atoms with van der Waals surface area (Å²) in [6.45, 7) is 0. The summed E-state index contributed by atoms with van der Waals surface area (Å²) in [6, 6.07) is 7.23. The molecule has 0 aliphatic rings. The fourth-order valence-electron chi connectivity index (χ4n) is 0.825. The molecule has 0 aliphatic heterocycles. The van der Waals surface area contributed by atoms with Gasteiger partial charge in [-0.3, -0.25) is 4.79 Å². The molecule has 3 heteroatoms. The second-order valence-electron chi connectivity index (χ2n) is 2.30. The molecule has 0 heterocycles. The minimum absolute atomic E-state index is 0.0888. The summed E-state index contributed by atoms with van der Waals surface area (Å²) in [5.74, 6) is 0.0888. The van der Waals surface area contributed by atoms with Crippen molar-refractivity contribution >= 4 is 39.3 Å². The largest absolute Gasteiger partial charge is 0.293 e. The van der Waals surface area contributed by atoms with Crippen LogP contribution in [0.2, 0.25) is 0 Å². The van der Waals surface area contributed by atoms with E-state index in [1.165, 1.54) is 0 Å². The molecule has 0 radical (unpaired) electrons. The third-order valence-corrected chi connectivity index (χ3v) is 2.27. The number of rotatable bonds is 3. The van der Waals surface area contributed by atoms with E-state index < -0.39 is 0 Å². The van der Waals surface area contributed by atoms with Gasteiger partial charge in [0.05, 0.1) is 5.33 Å². The minimum Gasteiger partial charge on any atom is -0.293 e. The van der Waals surface area contributed by atoms with Gasteiger partial charge in [-0.15, -0.1) is 0 Å². The highest BCUT2D eigenvalue weighted by Gasteiger charge is 2.01. The Labute approximate surface area is 84.9 Å². The monoisotopic (exact) mass is 242 g/mol. The van der Waals surface area contributed by atoms with E-state index in [9.17, 15) is 4.79 Å². The Morgan fingerprint density at radius 2 is 2.00 bits per heavy atom. The first kappa shape index (κ1) is 9.55. The van der Waals surface area contributed by atoms with Crippen LogP contribution in [0, 0.1) is 0 Å². The molecule has 62 valence electrons. The molecule has 0 aliphatic carbocycles. The zero-order chi connectivity index (χ0) is 8.97. The van der Waals surface area contributed by atoms with Gasteiger partial charge in [-0.2, -0.15) is 0 Å². The number of hydrogen-bond donors (Lipinski definition) is 0. The van der Waals surface area contributed by atoms with Crippen molar-refractivity contribution < 1.29 is 4.79 Å². The molecule has 12 heavy (non-hydrogen) atoms. The Bertz CT molecular complexity index is 292. The van der Waals surface area contributed by atoms with Crippen molar-refractivity contribution in [2.75, 3.05) is 5.33 Å². The second-order valence-corrected chi connectivity index (χ2v) is 3.09. The molecule has 1 nitrogen and oxygen atoms in total. The first-order chi connectivity index (χ1) is 5.77. The molecule has 0 saturated heterocycles. The Morgan fingerprint density at radius 3 is 2.42 bits per heavy atom. The van der Waals surface area contributed by atoms with Gasteiger partial charge >= 0.3 is 0 Å². The number of alkyl halides is 1. The predicted molar refractivity (Wildman–Crippen MR) is 57.3 cm³/mol. The van der Waals surface area contributed by atoms with Crippen molar-refractivity contribution in [3.05, 3.63) is 35.4 Å². The Morgan fingerprint density at radius 1 is 1.42 bits per heavy atom. The molecule has 0 fully saturated rings. The van der Waals surface area contributed by atoms with Crippen LogP contribution in [0.4, 0.5) is 0 Å². The average molecular weight is 243 g/mol. The average Bonchev–Trinajstić information content (AvgIpc) is 2.17. The molecule has 0 amide bonds. The summed E-state index contributed by atoms with van der Waals surface area (Å²) in [5.41, 5.74) is 1.67. The summed E-state index contributed by atoms with van der Waals surface area (Å²) in [5, 5.41) is 1.95. The standard InChI is InChI=1S/C9H7BrOS/c10-5-9(11)8-3-1-7(6-12)2-4-8/h1-4,6H,5H2. The minimum atomic E-state index is 0.0888. The van der Waals surface area contributed by atoms with Crippen LogP contribution < -0.4 is 0 Å².